The van der Waals surface area contributed by atoms with Gasteiger partial charge in [-0.25, -0.2) is 9.78 Å². The van der Waals surface area contributed by atoms with E-state index in [1.165, 1.54) is 10.6 Å². The van der Waals surface area contributed by atoms with Crippen LogP contribution in [0.25, 0.3) is 17.1 Å². The number of carboxylic acids is 1. The number of nitrogens with zero attached hydrogens (tertiary/aromatic N) is 5. The highest BCUT2D eigenvalue weighted by molar-refractivity contribution is 5.86. The van der Waals surface area contributed by atoms with Crippen molar-refractivity contribution in [2.24, 2.45) is 0 Å². The van der Waals surface area contributed by atoms with Crippen LogP contribution in [0.5, 0.6) is 11.5 Å². The summed E-state index contributed by atoms with van der Waals surface area (Å²) < 4.78 is 6.69. The molecule has 0 bridgehead atoms. The first-order chi connectivity index (χ1) is 14.9. The van der Waals surface area contributed by atoms with Crippen LogP contribution in [0.4, 0.5) is 5.82 Å². The molecule has 1 fully saturated rings. The van der Waals surface area contributed by atoms with Crippen molar-refractivity contribution in [1.82, 2.24) is 19.7 Å². The van der Waals surface area contributed by atoms with E-state index in [2.05, 4.69) is 20.1 Å². The van der Waals surface area contributed by atoms with Crippen LogP contribution >= 0.6 is 0 Å². The molecule has 4 rings (SSSR count). The van der Waals surface area contributed by atoms with Gasteiger partial charge >= 0.3 is 5.97 Å². The van der Waals surface area contributed by atoms with Gasteiger partial charge in [0.05, 0.1) is 30.7 Å². The zero-order valence-electron chi connectivity index (χ0n) is 17.2. The molecular formula is C21H23N5O5. The van der Waals surface area contributed by atoms with Crippen LogP contribution in [0.15, 0.2) is 30.5 Å². The number of aromatic hydroxyl groups is 2. The number of aromatic nitrogens is 4. The molecule has 1 saturated heterocycles. The van der Waals surface area contributed by atoms with Crippen molar-refractivity contribution >= 4 is 11.8 Å². The summed E-state index contributed by atoms with van der Waals surface area (Å²) in [6.45, 7) is 6.50. The zero-order valence-corrected chi connectivity index (χ0v) is 17.2. The quantitative estimate of drug-likeness (QED) is 0.563. The number of anilines is 1. The van der Waals surface area contributed by atoms with Crippen LogP contribution in [0.3, 0.4) is 0 Å². The Bertz CT molecular complexity index is 1100. The average molecular weight is 425 g/mol. The van der Waals surface area contributed by atoms with Crippen molar-refractivity contribution in [2.45, 2.75) is 19.8 Å². The minimum Gasteiger partial charge on any atom is -0.508 e. The molecule has 1 aromatic carbocycles. The number of aromatic carboxylic acids is 1. The van der Waals surface area contributed by atoms with Gasteiger partial charge < -0.3 is 25.0 Å². The second-order valence-corrected chi connectivity index (χ2v) is 7.54. The minimum absolute atomic E-state index is 0.0239. The lowest BCUT2D eigenvalue weighted by molar-refractivity contribution is 0.0681. The Morgan fingerprint density at radius 1 is 1.10 bits per heavy atom. The van der Waals surface area contributed by atoms with Crippen molar-refractivity contribution in [3.63, 3.8) is 0 Å². The fourth-order valence-electron chi connectivity index (χ4n) is 3.57. The summed E-state index contributed by atoms with van der Waals surface area (Å²) in [7, 11) is 0. The van der Waals surface area contributed by atoms with E-state index in [9.17, 15) is 20.1 Å². The molecule has 0 unspecified atom stereocenters. The number of phenolic OH excluding ortho intramolecular Hbond substituents is 2. The highest BCUT2D eigenvalue weighted by Gasteiger charge is 2.24. The molecule has 2 aromatic heterocycles. The summed E-state index contributed by atoms with van der Waals surface area (Å²) >= 11 is 0. The lowest BCUT2D eigenvalue weighted by atomic mass is 9.98. The second kappa shape index (κ2) is 8.23. The molecule has 1 aliphatic rings. The van der Waals surface area contributed by atoms with Crippen LogP contribution in [0.2, 0.25) is 0 Å². The number of phenols is 2. The molecule has 0 spiro atoms. The molecule has 0 aliphatic carbocycles. The maximum Gasteiger partial charge on any atom is 0.374 e. The van der Waals surface area contributed by atoms with E-state index in [1.807, 2.05) is 13.8 Å². The van der Waals surface area contributed by atoms with Crippen LogP contribution in [0, 0.1) is 0 Å². The Balaban J connectivity index is 1.81. The van der Waals surface area contributed by atoms with Crippen molar-refractivity contribution in [3.8, 4) is 28.6 Å². The molecule has 10 nitrogen and oxygen atoms in total. The molecule has 0 atom stereocenters. The highest BCUT2D eigenvalue weighted by Crippen LogP contribution is 2.38. The molecule has 3 N–H and O–H groups in total. The van der Waals surface area contributed by atoms with Crippen molar-refractivity contribution < 1.29 is 24.9 Å². The fraction of sp³-hybridized carbons (Fsp3) is 0.333. The molecular weight excluding hydrogens is 402 g/mol. The Morgan fingerprint density at radius 3 is 2.45 bits per heavy atom. The van der Waals surface area contributed by atoms with Crippen molar-refractivity contribution in [1.29, 1.82) is 0 Å². The van der Waals surface area contributed by atoms with E-state index in [0.717, 1.165) is 18.9 Å². The summed E-state index contributed by atoms with van der Waals surface area (Å²) in [6, 6.07) is 6.35. The van der Waals surface area contributed by atoms with Gasteiger partial charge in [0.15, 0.2) is 5.82 Å². The number of hydrogen-bond acceptors (Lipinski definition) is 8. The van der Waals surface area contributed by atoms with Gasteiger partial charge in [-0.3, -0.25) is 4.57 Å². The van der Waals surface area contributed by atoms with Crippen LogP contribution in [-0.4, -0.2) is 67.3 Å². The molecule has 0 radical (unpaired) electrons. The van der Waals surface area contributed by atoms with Gasteiger partial charge in [0.2, 0.25) is 5.82 Å². The summed E-state index contributed by atoms with van der Waals surface area (Å²) in [5.41, 5.74) is 1.30. The summed E-state index contributed by atoms with van der Waals surface area (Å²) in [6.07, 6.45) is 1.55. The van der Waals surface area contributed by atoms with Gasteiger partial charge in [0.1, 0.15) is 17.3 Å². The molecule has 3 heterocycles. The summed E-state index contributed by atoms with van der Waals surface area (Å²) in [5.74, 6) is -0.981. The van der Waals surface area contributed by atoms with Crippen molar-refractivity contribution in [2.75, 3.05) is 31.2 Å². The monoisotopic (exact) mass is 425 g/mol. The number of rotatable bonds is 5. The van der Waals surface area contributed by atoms with Crippen LogP contribution < -0.4 is 4.90 Å². The topological polar surface area (TPSA) is 134 Å². The van der Waals surface area contributed by atoms with Gasteiger partial charge in [0.25, 0.3) is 0 Å². The molecule has 31 heavy (non-hydrogen) atoms. The Morgan fingerprint density at radius 2 is 1.84 bits per heavy atom. The first kappa shape index (κ1) is 20.6. The smallest absolute Gasteiger partial charge is 0.374 e. The number of pyridine rings is 1. The SMILES string of the molecule is CC(C)c1cc(-c2nnc(C(=O)O)n2-c2ccc(N3CCOCC3)nc2)c(O)cc1O. The van der Waals surface area contributed by atoms with Gasteiger partial charge in [-0.05, 0) is 29.7 Å². The van der Waals surface area contributed by atoms with Gasteiger partial charge in [-0.15, -0.1) is 10.2 Å². The third-order valence-electron chi connectivity index (χ3n) is 5.19. The number of hydrogen-bond donors (Lipinski definition) is 3. The predicted octanol–water partition coefficient (Wildman–Crippen LogP) is 2.40. The number of benzene rings is 1. The molecule has 3 aromatic rings. The number of carbonyl (C=O) groups is 1. The van der Waals surface area contributed by atoms with E-state index in [1.54, 1.807) is 24.4 Å². The van der Waals surface area contributed by atoms with E-state index in [4.69, 9.17) is 4.74 Å². The predicted molar refractivity (Wildman–Crippen MR) is 112 cm³/mol. The van der Waals surface area contributed by atoms with Gasteiger partial charge in [0, 0.05) is 19.2 Å². The van der Waals surface area contributed by atoms with E-state index in [-0.39, 0.29) is 34.6 Å². The lowest BCUT2D eigenvalue weighted by Crippen LogP contribution is -2.36. The largest absolute Gasteiger partial charge is 0.508 e. The Kier molecular flexibility index (Phi) is 5.47. The standard InChI is InChI=1S/C21H23N5O5/c1-12(2)14-9-15(17(28)10-16(14)27)19-23-24-20(21(29)30)26(19)13-3-4-18(22-11-13)25-5-7-31-8-6-25/h3-4,9-12,27-28H,5-8H2,1-2H3,(H,29,30). The Hall–Kier alpha value is -3.66. The van der Waals surface area contributed by atoms with E-state index < -0.39 is 5.97 Å². The fourth-order valence-corrected chi connectivity index (χ4v) is 3.57. The average Bonchev–Trinajstić information content (AvgIpc) is 3.19. The first-order valence-corrected chi connectivity index (χ1v) is 9.91. The molecule has 162 valence electrons. The Labute approximate surface area is 178 Å². The third kappa shape index (κ3) is 3.89. The molecule has 1 aliphatic heterocycles. The molecule has 0 saturated carbocycles. The van der Waals surface area contributed by atoms with E-state index >= 15 is 0 Å². The third-order valence-corrected chi connectivity index (χ3v) is 5.19. The molecule has 0 amide bonds. The lowest BCUT2D eigenvalue weighted by Gasteiger charge is -2.27. The second-order valence-electron chi connectivity index (χ2n) is 7.54. The van der Waals surface area contributed by atoms with Crippen LogP contribution in [-0.2, 0) is 4.74 Å². The molecule has 10 heteroatoms. The van der Waals surface area contributed by atoms with Gasteiger partial charge in [-0.2, -0.15) is 0 Å². The van der Waals surface area contributed by atoms with Crippen molar-refractivity contribution in [3.05, 3.63) is 41.9 Å². The maximum absolute atomic E-state index is 11.8. The number of carboxylic acid groups (broad SMARTS) is 1. The highest BCUT2D eigenvalue weighted by atomic mass is 16.5. The number of morpholine rings is 1. The first-order valence-electron chi connectivity index (χ1n) is 9.91. The normalized spacial score (nSPS) is 14.2. The van der Waals surface area contributed by atoms with Crippen LogP contribution in [0.1, 0.15) is 35.9 Å². The van der Waals surface area contributed by atoms with E-state index in [0.29, 0.717) is 24.5 Å². The number of ether oxygens (including phenoxy) is 1. The summed E-state index contributed by atoms with van der Waals surface area (Å²) in [5, 5.41) is 38.1. The van der Waals surface area contributed by atoms with Gasteiger partial charge in [-0.1, -0.05) is 13.8 Å². The maximum atomic E-state index is 11.8. The zero-order chi connectivity index (χ0) is 22.1. The minimum atomic E-state index is -1.27. The summed E-state index contributed by atoms with van der Waals surface area (Å²) in [4.78, 5) is 18.4.